The summed E-state index contributed by atoms with van der Waals surface area (Å²) in [7, 11) is 0. The summed E-state index contributed by atoms with van der Waals surface area (Å²) in [6, 6.07) is 2.98. The Morgan fingerprint density at radius 3 is 3.00 bits per heavy atom. The van der Waals surface area contributed by atoms with Crippen molar-refractivity contribution in [3.05, 3.63) is 21.4 Å². The van der Waals surface area contributed by atoms with Gasteiger partial charge in [0.25, 0.3) is 0 Å². The van der Waals surface area contributed by atoms with Gasteiger partial charge in [-0.3, -0.25) is 0 Å². The lowest BCUT2D eigenvalue weighted by Gasteiger charge is -2.15. The van der Waals surface area contributed by atoms with Crippen molar-refractivity contribution in [2.45, 2.75) is 64.3 Å². The highest BCUT2D eigenvalue weighted by Gasteiger charge is 2.17. The first-order chi connectivity index (χ1) is 9.35. The van der Waals surface area contributed by atoms with E-state index in [1.54, 1.807) is 10.4 Å². The van der Waals surface area contributed by atoms with Gasteiger partial charge in [0, 0.05) is 22.2 Å². The van der Waals surface area contributed by atoms with Gasteiger partial charge in [0.1, 0.15) is 0 Å². The van der Waals surface area contributed by atoms with Crippen molar-refractivity contribution in [2.24, 2.45) is 0 Å². The van der Waals surface area contributed by atoms with Crippen LogP contribution in [0.1, 0.15) is 66.8 Å². The Morgan fingerprint density at radius 2 is 2.21 bits per heavy atom. The average Bonchev–Trinajstić information content (AvgIpc) is 2.69. The van der Waals surface area contributed by atoms with Crippen LogP contribution in [0.15, 0.2) is 6.07 Å². The second-order valence-electron chi connectivity index (χ2n) is 5.36. The molecule has 0 amide bonds. The molecule has 1 nitrogen and oxygen atoms in total. The molecule has 1 heterocycles. The van der Waals surface area contributed by atoms with Crippen molar-refractivity contribution in [1.29, 1.82) is 0 Å². The molecule has 0 spiro atoms. The minimum Gasteiger partial charge on any atom is -0.310 e. The molecule has 19 heavy (non-hydrogen) atoms. The van der Waals surface area contributed by atoms with Crippen LogP contribution < -0.4 is 5.32 Å². The van der Waals surface area contributed by atoms with Gasteiger partial charge in [0.05, 0.1) is 0 Å². The van der Waals surface area contributed by atoms with Gasteiger partial charge in [-0.15, -0.1) is 23.7 Å². The topological polar surface area (TPSA) is 12.0 Å². The van der Waals surface area contributed by atoms with E-state index in [-0.39, 0.29) is 0 Å². The van der Waals surface area contributed by atoms with E-state index < -0.39 is 0 Å². The van der Waals surface area contributed by atoms with E-state index in [0.717, 1.165) is 25.8 Å². The summed E-state index contributed by atoms with van der Waals surface area (Å²) in [6.45, 7) is 3.22. The predicted molar refractivity (Wildman–Crippen MR) is 84.7 cm³/mol. The molecule has 1 atom stereocenters. The normalized spacial score (nSPS) is 16.4. The van der Waals surface area contributed by atoms with Crippen LogP contribution in [0.4, 0.5) is 0 Å². The van der Waals surface area contributed by atoms with Crippen molar-refractivity contribution >= 4 is 11.3 Å². The molecule has 0 fully saturated rings. The number of hydrogen-bond acceptors (Lipinski definition) is 2. The molecule has 0 radical (unpaired) electrons. The maximum atomic E-state index is 5.36. The Morgan fingerprint density at radius 1 is 1.37 bits per heavy atom. The summed E-state index contributed by atoms with van der Waals surface area (Å²) in [5.41, 5.74) is 1.62. The van der Waals surface area contributed by atoms with Gasteiger partial charge in [-0.25, -0.2) is 0 Å². The van der Waals surface area contributed by atoms with Crippen molar-refractivity contribution < 1.29 is 0 Å². The zero-order valence-electron chi connectivity index (χ0n) is 12.0. The molecule has 0 aromatic carbocycles. The number of terminal acetylenes is 1. The van der Waals surface area contributed by atoms with Crippen LogP contribution in [0.2, 0.25) is 0 Å². The molecule has 1 N–H and O–H groups in total. The number of unbranched alkanes of at least 4 members (excludes halogenated alkanes) is 1. The molecule has 1 unspecified atom stereocenters. The smallest absolute Gasteiger partial charge is 0.0415 e. The number of nitrogens with one attached hydrogen (secondary N) is 1. The van der Waals surface area contributed by atoms with E-state index in [2.05, 4.69) is 24.2 Å². The SMILES string of the molecule is C#CCCCC(NCC)c1cc2c(s1)CCCCC2. The number of aryl methyl sites for hydroxylation is 2. The fraction of sp³-hybridized carbons (Fsp3) is 0.647. The molecular formula is C17H25NS. The summed E-state index contributed by atoms with van der Waals surface area (Å²) in [4.78, 5) is 3.18. The van der Waals surface area contributed by atoms with Crippen LogP contribution in [-0.2, 0) is 12.8 Å². The predicted octanol–water partition coefficient (Wildman–Crippen LogP) is 4.47. The molecule has 1 aromatic heterocycles. The van der Waals surface area contributed by atoms with E-state index in [4.69, 9.17) is 6.42 Å². The molecule has 2 heteroatoms. The Labute approximate surface area is 121 Å². The van der Waals surface area contributed by atoms with Gasteiger partial charge in [-0.1, -0.05) is 13.3 Å². The highest BCUT2D eigenvalue weighted by Crippen LogP contribution is 2.33. The van der Waals surface area contributed by atoms with Crippen molar-refractivity contribution in [3.8, 4) is 12.3 Å². The average molecular weight is 275 g/mol. The molecule has 1 aromatic rings. The second-order valence-corrected chi connectivity index (χ2v) is 6.53. The molecule has 2 rings (SSSR count). The van der Waals surface area contributed by atoms with E-state index in [9.17, 15) is 0 Å². The minimum absolute atomic E-state index is 0.510. The lowest BCUT2D eigenvalue weighted by Crippen LogP contribution is -2.19. The first-order valence-electron chi connectivity index (χ1n) is 7.63. The van der Waals surface area contributed by atoms with Crippen molar-refractivity contribution in [2.75, 3.05) is 6.54 Å². The van der Waals surface area contributed by atoms with Crippen LogP contribution in [0.5, 0.6) is 0 Å². The van der Waals surface area contributed by atoms with Gasteiger partial charge < -0.3 is 5.32 Å². The van der Waals surface area contributed by atoms with Crippen LogP contribution in [-0.4, -0.2) is 6.54 Å². The number of hydrogen-bond donors (Lipinski definition) is 1. The lowest BCUT2D eigenvalue weighted by atomic mass is 10.1. The van der Waals surface area contributed by atoms with Gasteiger partial charge in [-0.05, 0) is 56.7 Å². The van der Waals surface area contributed by atoms with E-state index in [0.29, 0.717) is 6.04 Å². The minimum atomic E-state index is 0.510. The Bertz CT molecular complexity index is 403. The molecule has 1 aliphatic rings. The monoisotopic (exact) mass is 275 g/mol. The molecule has 0 aliphatic heterocycles. The summed E-state index contributed by atoms with van der Waals surface area (Å²) < 4.78 is 0. The summed E-state index contributed by atoms with van der Waals surface area (Å²) in [5, 5.41) is 3.62. The number of fused-ring (bicyclic) bond motifs is 1. The maximum absolute atomic E-state index is 5.36. The summed E-state index contributed by atoms with van der Waals surface area (Å²) >= 11 is 2.04. The van der Waals surface area contributed by atoms with Gasteiger partial charge in [-0.2, -0.15) is 0 Å². The largest absolute Gasteiger partial charge is 0.310 e. The zero-order valence-corrected chi connectivity index (χ0v) is 12.8. The second kappa shape index (κ2) is 7.72. The highest BCUT2D eigenvalue weighted by molar-refractivity contribution is 7.12. The molecular weight excluding hydrogens is 250 g/mol. The third-order valence-corrected chi connectivity index (χ3v) is 5.22. The molecule has 104 valence electrons. The van der Waals surface area contributed by atoms with Gasteiger partial charge in [0.15, 0.2) is 0 Å². The van der Waals surface area contributed by atoms with Crippen LogP contribution in [0.3, 0.4) is 0 Å². The first kappa shape index (κ1) is 14.6. The van der Waals surface area contributed by atoms with E-state index in [1.807, 2.05) is 11.3 Å². The van der Waals surface area contributed by atoms with Crippen LogP contribution in [0, 0.1) is 12.3 Å². The molecule has 1 aliphatic carbocycles. The standard InChI is InChI=1S/C17H25NS/c1-3-5-7-11-15(18-4-2)17-13-14-10-8-6-9-12-16(14)19-17/h1,13,15,18H,4-12H2,2H3. The van der Waals surface area contributed by atoms with Crippen LogP contribution in [0.25, 0.3) is 0 Å². The zero-order chi connectivity index (χ0) is 13.5. The van der Waals surface area contributed by atoms with Crippen molar-refractivity contribution in [3.63, 3.8) is 0 Å². The van der Waals surface area contributed by atoms with E-state index in [1.165, 1.54) is 37.0 Å². The fourth-order valence-electron chi connectivity index (χ4n) is 2.86. The number of rotatable bonds is 6. The first-order valence-corrected chi connectivity index (χ1v) is 8.45. The van der Waals surface area contributed by atoms with Crippen LogP contribution >= 0.6 is 11.3 Å². The summed E-state index contributed by atoms with van der Waals surface area (Å²) in [5.74, 6) is 2.75. The van der Waals surface area contributed by atoms with E-state index >= 15 is 0 Å². The quantitative estimate of drug-likeness (QED) is 0.459. The van der Waals surface area contributed by atoms with Gasteiger partial charge in [0.2, 0.25) is 0 Å². The lowest BCUT2D eigenvalue weighted by molar-refractivity contribution is 0.508. The van der Waals surface area contributed by atoms with Crippen molar-refractivity contribution in [1.82, 2.24) is 5.32 Å². The van der Waals surface area contributed by atoms with Gasteiger partial charge >= 0.3 is 0 Å². The third-order valence-electron chi connectivity index (χ3n) is 3.87. The number of thiophene rings is 1. The molecule has 0 saturated heterocycles. The fourth-order valence-corrected chi connectivity index (χ4v) is 4.23. The Kier molecular flexibility index (Phi) is 5.94. The molecule has 0 bridgehead atoms. The summed E-state index contributed by atoms with van der Waals surface area (Å²) in [6.07, 6.45) is 15.3. The maximum Gasteiger partial charge on any atom is 0.0415 e. The Hall–Kier alpha value is -0.780. The third kappa shape index (κ3) is 4.09. The Balaban J connectivity index is 2.06. The molecule has 0 saturated carbocycles. The highest BCUT2D eigenvalue weighted by atomic mass is 32.1.